The van der Waals surface area contributed by atoms with Crippen molar-refractivity contribution >= 4 is 6.72 Å². The summed E-state index contributed by atoms with van der Waals surface area (Å²) < 4.78 is 0. The van der Waals surface area contributed by atoms with E-state index in [2.05, 4.69) is 18.4 Å². The number of hydrogen-bond donors (Lipinski definition) is 0. The van der Waals surface area contributed by atoms with Crippen molar-refractivity contribution in [3.63, 3.8) is 0 Å². The van der Waals surface area contributed by atoms with Crippen LogP contribution in [-0.4, -0.2) is 18.9 Å². The normalized spacial score (nSPS) is 11.3. The molecule has 0 saturated heterocycles. The van der Waals surface area contributed by atoms with Gasteiger partial charge in [0.05, 0.1) is 7.05 Å². The molecule has 0 unspecified atom stereocenters. The molecule has 0 rings (SSSR count). The Morgan fingerprint density at radius 1 is 1.58 bits per heavy atom. The van der Waals surface area contributed by atoms with Crippen LogP contribution in [0.3, 0.4) is 0 Å². The summed E-state index contributed by atoms with van der Waals surface area (Å²) in [6.45, 7) is 8.81. The van der Waals surface area contributed by atoms with Crippen molar-refractivity contribution < 1.29 is 4.84 Å². The molecule has 0 N–H and O–H groups in total. The summed E-state index contributed by atoms with van der Waals surface area (Å²) in [4.78, 5) is 5.15. The zero-order valence-corrected chi connectivity index (χ0v) is 7.53. The van der Waals surface area contributed by atoms with Gasteiger partial charge in [-0.15, -0.1) is 5.17 Å². The van der Waals surface area contributed by atoms with Crippen molar-refractivity contribution in [2.45, 2.75) is 6.92 Å². The maximum absolute atomic E-state index is 5.15. The fourth-order valence-electron chi connectivity index (χ4n) is 0.508. The van der Waals surface area contributed by atoms with Crippen LogP contribution in [0.2, 0.25) is 0 Å². The minimum absolute atomic E-state index is 0.628. The second kappa shape index (κ2) is 6.22. The van der Waals surface area contributed by atoms with Crippen LogP contribution in [-0.2, 0) is 4.84 Å². The number of allylic oxidation sites excluding steroid dienone is 4. The zero-order chi connectivity index (χ0) is 9.40. The fourth-order valence-corrected chi connectivity index (χ4v) is 0.508. The number of hydrazone groups is 1. The van der Waals surface area contributed by atoms with Crippen molar-refractivity contribution in [3.8, 4) is 0 Å². The van der Waals surface area contributed by atoms with E-state index in [9.17, 15) is 0 Å². The molecular weight excluding hydrogens is 152 g/mol. The molecule has 0 spiro atoms. The van der Waals surface area contributed by atoms with Gasteiger partial charge in [0.25, 0.3) is 0 Å². The highest BCUT2D eigenvalue weighted by Crippen LogP contribution is 2.01. The summed E-state index contributed by atoms with van der Waals surface area (Å²) in [6, 6.07) is 0. The molecule has 0 aliphatic carbocycles. The highest BCUT2D eigenvalue weighted by molar-refractivity contribution is 5.22. The van der Waals surface area contributed by atoms with Crippen molar-refractivity contribution in [2.75, 3.05) is 7.05 Å². The van der Waals surface area contributed by atoms with E-state index in [0.29, 0.717) is 5.76 Å². The van der Waals surface area contributed by atoms with Crippen LogP contribution in [0.1, 0.15) is 6.92 Å². The Morgan fingerprint density at radius 3 is 2.67 bits per heavy atom. The summed E-state index contributed by atoms with van der Waals surface area (Å²) in [6.07, 6.45) is 7.14. The third-order valence-electron chi connectivity index (χ3n) is 1.09. The van der Waals surface area contributed by atoms with Gasteiger partial charge in [0.1, 0.15) is 0 Å². The standard InChI is InChI=1S/C9H14N2O/c1-5-7-8-9(6-2)12-11(4)10-3/h5-8H,2-3H2,1,4H3/b7-5-,9-8+. The Morgan fingerprint density at radius 2 is 2.25 bits per heavy atom. The van der Waals surface area contributed by atoms with Gasteiger partial charge in [-0.05, 0) is 19.1 Å². The monoisotopic (exact) mass is 166 g/mol. The molecule has 12 heavy (non-hydrogen) atoms. The Kier molecular flexibility index (Phi) is 5.43. The number of rotatable bonds is 5. The second-order valence-corrected chi connectivity index (χ2v) is 2.00. The van der Waals surface area contributed by atoms with E-state index < -0.39 is 0 Å². The summed E-state index contributed by atoms with van der Waals surface area (Å²) >= 11 is 0. The molecule has 3 nitrogen and oxygen atoms in total. The van der Waals surface area contributed by atoms with Gasteiger partial charge in [0.15, 0.2) is 5.76 Å². The van der Waals surface area contributed by atoms with Crippen molar-refractivity contribution in [2.24, 2.45) is 5.10 Å². The van der Waals surface area contributed by atoms with Gasteiger partial charge in [-0.2, -0.15) is 5.10 Å². The van der Waals surface area contributed by atoms with E-state index in [4.69, 9.17) is 4.84 Å². The molecule has 0 fully saturated rings. The van der Waals surface area contributed by atoms with Gasteiger partial charge in [0.2, 0.25) is 0 Å². The second-order valence-electron chi connectivity index (χ2n) is 2.00. The average Bonchev–Trinajstić information content (AvgIpc) is 2.11. The molecule has 0 aliphatic heterocycles. The van der Waals surface area contributed by atoms with Crippen molar-refractivity contribution in [1.29, 1.82) is 0 Å². The van der Waals surface area contributed by atoms with Gasteiger partial charge in [-0.1, -0.05) is 18.7 Å². The molecule has 0 atom stereocenters. The first kappa shape index (κ1) is 10.5. The van der Waals surface area contributed by atoms with Crippen LogP contribution in [0.15, 0.2) is 41.7 Å². The van der Waals surface area contributed by atoms with Gasteiger partial charge in [-0.25, -0.2) is 0 Å². The van der Waals surface area contributed by atoms with Crippen LogP contribution >= 0.6 is 0 Å². The van der Waals surface area contributed by atoms with Gasteiger partial charge in [-0.3, -0.25) is 0 Å². The van der Waals surface area contributed by atoms with Crippen LogP contribution in [0.25, 0.3) is 0 Å². The van der Waals surface area contributed by atoms with Crippen LogP contribution in [0.4, 0.5) is 0 Å². The molecular formula is C9H14N2O. The van der Waals surface area contributed by atoms with Gasteiger partial charge in [0, 0.05) is 6.72 Å². The third-order valence-corrected chi connectivity index (χ3v) is 1.09. The minimum atomic E-state index is 0.628. The zero-order valence-electron chi connectivity index (χ0n) is 7.53. The Balaban J connectivity index is 4.16. The van der Waals surface area contributed by atoms with E-state index in [1.165, 1.54) is 5.17 Å². The Hall–Kier alpha value is -1.51. The lowest BCUT2D eigenvalue weighted by Crippen LogP contribution is -2.09. The Bertz CT molecular complexity index is 207. The highest BCUT2D eigenvalue weighted by atomic mass is 16.7. The predicted octanol–water partition coefficient (Wildman–Crippen LogP) is 2.11. The van der Waals surface area contributed by atoms with E-state index >= 15 is 0 Å². The number of hydroxylamine groups is 1. The lowest BCUT2D eigenvalue weighted by atomic mass is 10.4. The molecule has 3 heteroatoms. The Labute approximate surface area is 73.3 Å². The maximum atomic E-state index is 5.15. The minimum Gasteiger partial charge on any atom is -0.363 e. The quantitative estimate of drug-likeness (QED) is 0.270. The lowest BCUT2D eigenvalue weighted by Gasteiger charge is -2.12. The molecule has 0 bridgehead atoms. The number of nitrogens with zero attached hydrogens (tertiary/aromatic N) is 2. The van der Waals surface area contributed by atoms with Gasteiger partial charge < -0.3 is 4.84 Å². The first-order valence-corrected chi connectivity index (χ1v) is 3.58. The molecule has 66 valence electrons. The molecule has 0 radical (unpaired) electrons. The molecule has 0 heterocycles. The SMILES string of the molecule is C=C/C(=C\C=C/C)ON(C)N=C. The highest BCUT2D eigenvalue weighted by Gasteiger charge is 1.93. The summed E-state index contributed by atoms with van der Waals surface area (Å²) in [5.41, 5.74) is 0. The third kappa shape index (κ3) is 4.33. The van der Waals surface area contributed by atoms with E-state index in [-0.39, 0.29) is 0 Å². The van der Waals surface area contributed by atoms with Crippen molar-refractivity contribution in [3.05, 3.63) is 36.6 Å². The first-order chi connectivity index (χ1) is 5.74. The van der Waals surface area contributed by atoms with Crippen LogP contribution in [0.5, 0.6) is 0 Å². The molecule has 0 amide bonds. The lowest BCUT2D eigenvalue weighted by molar-refractivity contribution is -0.0892. The fraction of sp³-hybridized carbons (Fsp3) is 0.222. The maximum Gasteiger partial charge on any atom is 0.156 e. The van der Waals surface area contributed by atoms with Crippen LogP contribution < -0.4 is 0 Å². The molecule has 0 aromatic carbocycles. The number of hydrogen-bond acceptors (Lipinski definition) is 3. The largest absolute Gasteiger partial charge is 0.363 e. The summed E-state index contributed by atoms with van der Waals surface area (Å²) in [7, 11) is 1.65. The van der Waals surface area contributed by atoms with E-state index in [1.807, 2.05) is 19.1 Å². The van der Waals surface area contributed by atoms with E-state index in [1.54, 1.807) is 19.2 Å². The smallest absolute Gasteiger partial charge is 0.156 e. The predicted molar refractivity (Wildman–Crippen MR) is 51.5 cm³/mol. The summed E-state index contributed by atoms with van der Waals surface area (Å²) in [5.74, 6) is 0.628. The van der Waals surface area contributed by atoms with Crippen molar-refractivity contribution in [1.82, 2.24) is 5.17 Å². The van der Waals surface area contributed by atoms with Crippen LogP contribution in [0, 0.1) is 0 Å². The topological polar surface area (TPSA) is 24.8 Å². The molecule has 0 saturated carbocycles. The molecule has 0 aromatic rings. The summed E-state index contributed by atoms with van der Waals surface area (Å²) in [5, 5.41) is 4.79. The average molecular weight is 166 g/mol. The molecule has 0 aromatic heterocycles. The first-order valence-electron chi connectivity index (χ1n) is 3.58. The molecule has 0 aliphatic rings. The van der Waals surface area contributed by atoms with Gasteiger partial charge >= 0.3 is 0 Å². The van der Waals surface area contributed by atoms with E-state index in [0.717, 1.165) is 0 Å².